The van der Waals surface area contributed by atoms with Gasteiger partial charge in [-0.15, -0.1) is 0 Å². The van der Waals surface area contributed by atoms with E-state index in [1.165, 1.54) is 24.3 Å². The van der Waals surface area contributed by atoms with Gasteiger partial charge >= 0.3 is 0 Å². The van der Waals surface area contributed by atoms with Gasteiger partial charge in [-0.3, -0.25) is 0 Å². The van der Waals surface area contributed by atoms with Crippen LogP contribution in [0.25, 0.3) is 0 Å². The zero-order valence-electron chi connectivity index (χ0n) is 4.19. The molecule has 1 rings (SSSR count). The highest BCUT2D eigenvalue weighted by Crippen LogP contribution is 2.03. The van der Waals surface area contributed by atoms with Crippen molar-refractivity contribution in [2.24, 2.45) is 0 Å². The summed E-state index contributed by atoms with van der Waals surface area (Å²) < 4.78 is 12.0. The summed E-state index contributed by atoms with van der Waals surface area (Å²) in [7, 11) is 0. The van der Waals surface area contributed by atoms with Gasteiger partial charge in [0.2, 0.25) is 0 Å². The van der Waals surface area contributed by atoms with Crippen LogP contribution in [-0.4, -0.2) is 0 Å². The molecule has 0 heterocycles. The molecule has 1 aromatic rings. The Labute approximate surface area is 46.9 Å². The number of rotatable bonds is 0. The fourth-order valence-corrected chi connectivity index (χ4v) is 0.450. The van der Waals surface area contributed by atoms with Crippen molar-refractivity contribution < 1.29 is 4.39 Å². The van der Waals surface area contributed by atoms with Crippen LogP contribution in [-0.2, 0) is 0 Å². The van der Waals surface area contributed by atoms with Gasteiger partial charge < -0.3 is 5.73 Å². The summed E-state index contributed by atoms with van der Waals surface area (Å²) in [6.45, 7) is 0. The highest BCUT2D eigenvalue weighted by molar-refractivity contribution is 5.32. The van der Waals surface area contributed by atoms with Crippen molar-refractivity contribution >= 4 is 5.69 Å². The maximum absolute atomic E-state index is 12.0. The Morgan fingerprint density at radius 1 is 1.12 bits per heavy atom. The van der Waals surface area contributed by atoms with E-state index >= 15 is 0 Å². The van der Waals surface area contributed by atoms with Gasteiger partial charge in [-0.1, -0.05) is 0 Å². The first kappa shape index (κ1) is 5.09. The van der Waals surface area contributed by atoms with E-state index in [1.807, 2.05) is 0 Å². The van der Waals surface area contributed by atoms with Crippen molar-refractivity contribution in [1.82, 2.24) is 5.73 Å². The van der Waals surface area contributed by atoms with Gasteiger partial charge in [-0.2, -0.15) is 0 Å². The highest BCUT2D eigenvalue weighted by atomic mass is 19.1. The first-order valence-electron chi connectivity index (χ1n) is 2.26. The lowest BCUT2D eigenvalue weighted by Crippen LogP contribution is -1.70. The highest BCUT2D eigenvalue weighted by Gasteiger charge is 1.84. The minimum atomic E-state index is -0.291. The van der Waals surface area contributed by atoms with Crippen LogP contribution in [0.1, 0.15) is 0 Å². The fourth-order valence-electron chi connectivity index (χ4n) is 0.450. The fraction of sp³-hybridized carbons (Fsp3) is 0. The minimum absolute atomic E-state index is 0.291. The van der Waals surface area contributed by atoms with E-state index in [0.29, 0.717) is 5.69 Å². The van der Waals surface area contributed by atoms with E-state index in [1.54, 1.807) is 0 Å². The molecule has 2 heteroatoms. The topological polar surface area (TPSA) is 23.8 Å². The molecule has 0 bridgehead atoms. The third-order valence-electron chi connectivity index (χ3n) is 0.844. The summed E-state index contributed by atoms with van der Waals surface area (Å²) in [5, 5.41) is 0. The third-order valence-corrected chi connectivity index (χ3v) is 0.844. The van der Waals surface area contributed by atoms with Crippen LogP contribution in [0.3, 0.4) is 0 Å². The smallest absolute Gasteiger partial charge is 0.123 e. The summed E-state index contributed by atoms with van der Waals surface area (Å²) in [6.07, 6.45) is 0. The molecule has 0 saturated heterocycles. The molecule has 8 heavy (non-hydrogen) atoms. The molecule has 1 nitrogen and oxygen atoms in total. The van der Waals surface area contributed by atoms with Gasteiger partial charge in [-0.05, 0) is 24.3 Å². The predicted octanol–water partition coefficient (Wildman–Crippen LogP) is 1.74. The minimum Gasteiger partial charge on any atom is -0.301 e. The molecule has 0 aliphatic rings. The van der Waals surface area contributed by atoms with Crippen LogP contribution in [0.15, 0.2) is 24.3 Å². The number of nitrogens with one attached hydrogen (secondary N) is 1. The summed E-state index contributed by atoms with van der Waals surface area (Å²) in [5.74, 6) is -0.291. The summed E-state index contributed by atoms with van der Waals surface area (Å²) in [5.41, 5.74) is 7.26. The van der Waals surface area contributed by atoms with Crippen LogP contribution >= 0.6 is 0 Å². The van der Waals surface area contributed by atoms with Crippen molar-refractivity contribution in [3.63, 3.8) is 0 Å². The molecule has 0 aliphatic carbocycles. The number of hydrogen-bond donors (Lipinski definition) is 0. The second kappa shape index (κ2) is 1.82. The van der Waals surface area contributed by atoms with Gasteiger partial charge in [0, 0.05) is 0 Å². The molecule has 0 spiro atoms. The Hall–Kier alpha value is -1.05. The molecule has 1 N–H and O–H groups in total. The Morgan fingerprint density at radius 3 is 2.00 bits per heavy atom. The maximum atomic E-state index is 12.0. The number of halogens is 1. The molecule has 0 saturated carbocycles. The standard InChI is InChI=1S/C6H5FN/c7-5-1-3-6(8)4-2-5/h1-4,8H. The molecular formula is C6H5FN. The van der Waals surface area contributed by atoms with Crippen molar-refractivity contribution in [1.29, 1.82) is 0 Å². The van der Waals surface area contributed by atoms with Gasteiger partial charge in [0.05, 0.1) is 5.69 Å². The van der Waals surface area contributed by atoms with Crippen LogP contribution in [0.5, 0.6) is 0 Å². The second-order valence-corrected chi connectivity index (χ2v) is 1.51. The lowest BCUT2D eigenvalue weighted by Gasteiger charge is -1.86. The first-order valence-corrected chi connectivity index (χ1v) is 2.26. The zero-order chi connectivity index (χ0) is 5.98. The lowest BCUT2D eigenvalue weighted by molar-refractivity contribution is 0.628. The van der Waals surface area contributed by atoms with E-state index in [0.717, 1.165) is 0 Å². The molecule has 1 aromatic carbocycles. The van der Waals surface area contributed by atoms with Gasteiger partial charge in [0.1, 0.15) is 5.82 Å². The zero-order valence-corrected chi connectivity index (χ0v) is 4.19. The SMILES string of the molecule is [NH]c1ccc(F)cc1. The molecule has 0 amide bonds. The van der Waals surface area contributed by atoms with Gasteiger partial charge in [0.15, 0.2) is 0 Å². The van der Waals surface area contributed by atoms with E-state index in [-0.39, 0.29) is 5.82 Å². The molecule has 0 fully saturated rings. The molecule has 0 aromatic heterocycles. The van der Waals surface area contributed by atoms with E-state index in [9.17, 15) is 4.39 Å². The normalized spacial score (nSPS) is 9.12. The average Bonchev–Trinajstić information content (AvgIpc) is 1.77. The molecular weight excluding hydrogens is 105 g/mol. The largest absolute Gasteiger partial charge is 0.301 e. The molecule has 0 aliphatic heterocycles. The predicted molar refractivity (Wildman–Crippen MR) is 29.2 cm³/mol. The van der Waals surface area contributed by atoms with E-state index in [4.69, 9.17) is 5.73 Å². The third kappa shape index (κ3) is 0.964. The first-order chi connectivity index (χ1) is 3.79. The van der Waals surface area contributed by atoms with Crippen LogP contribution in [0.2, 0.25) is 0 Å². The second-order valence-electron chi connectivity index (χ2n) is 1.51. The Kier molecular flexibility index (Phi) is 1.16. The lowest BCUT2D eigenvalue weighted by atomic mass is 10.3. The monoisotopic (exact) mass is 110 g/mol. The van der Waals surface area contributed by atoms with Crippen molar-refractivity contribution in [2.45, 2.75) is 0 Å². The number of benzene rings is 1. The van der Waals surface area contributed by atoms with Gasteiger partial charge in [0.25, 0.3) is 0 Å². The van der Waals surface area contributed by atoms with Crippen LogP contribution in [0.4, 0.5) is 10.1 Å². The quantitative estimate of drug-likeness (QED) is 0.485. The molecule has 1 radical (unpaired) electrons. The molecule has 41 valence electrons. The molecule has 0 atom stereocenters. The summed E-state index contributed by atoms with van der Waals surface area (Å²) in [6, 6.07) is 5.36. The van der Waals surface area contributed by atoms with Crippen molar-refractivity contribution in [3.8, 4) is 0 Å². The molecule has 0 unspecified atom stereocenters. The van der Waals surface area contributed by atoms with Crippen LogP contribution in [0, 0.1) is 5.82 Å². The maximum Gasteiger partial charge on any atom is 0.123 e. The van der Waals surface area contributed by atoms with Crippen LogP contribution < -0.4 is 5.73 Å². The Morgan fingerprint density at radius 2 is 1.62 bits per heavy atom. The van der Waals surface area contributed by atoms with E-state index < -0.39 is 0 Å². The Balaban J connectivity index is 3.03. The summed E-state index contributed by atoms with van der Waals surface area (Å²) in [4.78, 5) is 0. The summed E-state index contributed by atoms with van der Waals surface area (Å²) >= 11 is 0. The number of hydrogen-bond acceptors (Lipinski definition) is 0. The van der Waals surface area contributed by atoms with Gasteiger partial charge in [-0.25, -0.2) is 4.39 Å². The Bertz CT molecular complexity index is 147. The average molecular weight is 110 g/mol. The van der Waals surface area contributed by atoms with E-state index in [2.05, 4.69) is 0 Å². The van der Waals surface area contributed by atoms with Crippen molar-refractivity contribution in [3.05, 3.63) is 30.1 Å². The van der Waals surface area contributed by atoms with Crippen molar-refractivity contribution in [2.75, 3.05) is 0 Å².